The molecule has 1 unspecified atom stereocenters. The molecule has 0 radical (unpaired) electrons. The second-order valence-electron chi connectivity index (χ2n) is 3.94. The molecule has 4 heteroatoms. The fourth-order valence-electron chi connectivity index (χ4n) is 1.36. The summed E-state index contributed by atoms with van der Waals surface area (Å²) in [7, 11) is 0. The molecule has 0 aliphatic heterocycles. The van der Waals surface area contributed by atoms with Crippen molar-refractivity contribution in [3.8, 4) is 0 Å². The first-order valence-corrected chi connectivity index (χ1v) is 5.31. The van der Waals surface area contributed by atoms with Gasteiger partial charge in [0.2, 0.25) is 0 Å². The predicted molar refractivity (Wildman–Crippen MR) is 59.3 cm³/mol. The van der Waals surface area contributed by atoms with Gasteiger partial charge in [-0.05, 0) is 25.8 Å². The molecule has 1 aromatic heterocycles. The van der Waals surface area contributed by atoms with Crippen molar-refractivity contribution in [3.05, 3.63) is 24.3 Å². The Hall–Kier alpha value is -1.00. The summed E-state index contributed by atoms with van der Waals surface area (Å²) in [5, 5.41) is 12.4. The van der Waals surface area contributed by atoms with Gasteiger partial charge in [0.1, 0.15) is 6.33 Å². The largest absolute Gasteiger partial charge is 0.396 e. The lowest BCUT2D eigenvalue weighted by atomic mass is 9.95. The van der Waals surface area contributed by atoms with Crippen molar-refractivity contribution in [3.63, 3.8) is 0 Å². The maximum Gasteiger partial charge on any atom is 0.115 e. The van der Waals surface area contributed by atoms with E-state index in [4.69, 9.17) is 5.11 Å². The maximum absolute atomic E-state index is 8.96. The second-order valence-corrected chi connectivity index (χ2v) is 3.94. The molecule has 0 saturated carbocycles. The highest BCUT2D eigenvalue weighted by atomic mass is 16.3. The van der Waals surface area contributed by atoms with Crippen molar-refractivity contribution < 1.29 is 5.11 Å². The van der Waals surface area contributed by atoms with Crippen molar-refractivity contribution >= 4 is 0 Å². The van der Waals surface area contributed by atoms with E-state index in [1.807, 2.05) is 6.07 Å². The van der Waals surface area contributed by atoms with Crippen LogP contribution in [0.25, 0.3) is 0 Å². The number of hydrogen-bond donors (Lipinski definition) is 2. The molecule has 0 bridgehead atoms. The minimum absolute atomic E-state index is 0.0142. The van der Waals surface area contributed by atoms with Crippen molar-refractivity contribution in [2.75, 3.05) is 6.61 Å². The first kappa shape index (κ1) is 12.1. The SMILES string of the molecule is CCC(C)(CCO)NCc1ccncn1. The first-order valence-electron chi connectivity index (χ1n) is 5.31. The van der Waals surface area contributed by atoms with Gasteiger partial charge in [0.15, 0.2) is 0 Å². The van der Waals surface area contributed by atoms with Crippen LogP contribution in [0.15, 0.2) is 18.6 Å². The number of aliphatic hydroxyl groups excluding tert-OH is 1. The fraction of sp³-hybridized carbons (Fsp3) is 0.636. The van der Waals surface area contributed by atoms with Crippen molar-refractivity contribution in [1.29, 1.82) is 0 Å². The van der Waals surface area contributed by atoms with Gasteiger partial charge in [0, 0.05) is 24.9 Å². The Morgan fingerprint density at radius 3 is 2.87 bits per heavy atom. The van der Waals surface area contributed by atoms with Gasteiger partial charge in [-0.25, -0.2) is 9.97 Å². The highest BCUT2D eigenvalue weighted by molar-refractivity contribution is 4.98. The standard InChI is InChI=1S/C11H19N3O/c1-3-11(2,5-7-15)14-8-10-4-6-12-9-13-10/h4,6,9,14-15H,3,5,7-8H2,1-2H3. The van der Waals surface area contributed by atoms with E-state index in [-0.39, 0.29) is 12.1 Å². The molecule has 1 heterocycles. The molecule has 0 aliphatic rings. The Morgan fingerprint density at radius 2 is 2.33 bits per heavy atom. The molecular weight excluding hydrogens is 190 g/mol. The van der Waals surface area contributed by atoms with E-state index in [0.29, 0.717) is 6.54 Å². The summed E-state index contributed by atoms with van der Waals surface area (Å²) >= 11 is 0. The van der Waals surface area contributed by atoms with Gasteiger partial charge in [-0.15, -0.1) is 0 Å². The van der Waals surface area contributed by atoms with Crippen LogP contribution in [0.2, 0.25) is 0 Å². The summed E-state index contributed by atoms with van der Waals surface area (Å²) in [5.41, 5.74) is 0.960. The number of nitrogens with one attached hydrogen (secondary N) is 1. The molecule has 1 rings (SSSR count). The van der Waals surface area contributed by atoms with Crippen LogP contribution in [0.4, 0.5) is 0 Å². The summed E-state index contributed by atoms with van der Waals surface area (Å²) in [5.74, 6) is 0. The number of aromatic nitrogens is 2. The molecule has 4 nitrogen and oxygen atoms in total. The van der Waals surface area contributed by atoms with Gasteiger partial charge in [-0.2, -0.15) is 0 Å². The number of rotatable bonds is 6. The molecule has 2 N–H and O–H groups in total. The van der Waals surface area contributed by atoms with E-state index in [9.17, 15) is 0 Å². The number of hydrogen-bond acceptors (Lipinski definition) is 4. The molecular formula is C11H19N3O. The fourth-order valence-corrected chi connectivity index (χ4v) is 1.36. The molecule has 0 saturated heterocycles. The third kappa shape index (κ3) is 3.93. The summed E-state index contributed by atoms with van der Waals surface area (Å²) in [6.45, 7) is 5.15. The molecule has 1 aromatic rings. The average Bonchev–Trinajstić information content (AvgIpc) is 2.28. The average molecular weight is 209 g/mol. The Morgan fingerprint density at radius 1 is 1.53 bits per heavy atom. The normalized spacial score (nSPS) is 14.9. The zero-order chi connectivity index (χ0) is 11.1. The van der Waals surface area contributed by atoms with Crippen LogP contribution >= 0.6 is 0 Å². The van der Waals surface area contributed by atoms with Crippen molar-refractivity contribution in [2.24, 2.45) is 0 Å². The second kappa shape index (κ2) is 5.78. The van der Waals surface area contributed by atoms with Gasteiger partial charge < -0.3 is 10.4 Å². The monoisotopic (exact) mass is 209 g/mol. The van der Waals surface area contributed by atoms with E-state index in [2.05, 4.69) is 29.1 Å². The Labute approximate surface area is 90.8 Å². The molecule has 84 valence electrons. The lowest BCUT2D eigenvalue weighted by Crippen LogP contribution is -2.42. The third-order valence-electron chi connectivity index (χ3n) is 2.78. The lowest BCUT2D eigenvalue weighted by molar-refractivity contribution is 0.214. The van der Waals surface area contributed by atoms with Gasteiger partial charge in [-0.1, -0.05) is 6.92 Å². The van der Waals surface area contributed by atoms with Crippen LogP contribution in [0.3, 0.4) is 0 Å². The van der Waals surface area contributed by atoms with Crippen LogP contribution in [-0.4, -0.2) is 27.2 Å². The first-order chi connectivity index (χ1) is 7.20. The predicted octanol–water partition coefficient (Wildman–Crippen LogP) is 1.12. The smallest absolute Gasteiger partial charge is 0.115 e. The lowest BCUT2D eigenvalue weighted by Gasteiger charge is -2.28. The summed E-state index contributed by atoms with van der Waals surface area (Å²) in [6.07, 6.45) is 5.03. The molecule has 0 fully saturated rings. The van der Waals surface area contributed by atoms with Crippen LogP contribution in [0, 0.1) is 0 Å². The maximum atomic E-state index is 8.96. The molecule has 1 atom stereocenters. The zero-order valence-corrected chi connectivity index (χ0v) is 9.40. The van der Waals surface area contributed by atoms with E-state index < -0.39 is 0 Å². The molecule has 15 heavy (non-hydrogen) atoms. The molecule has 0 amide bonds. The van der Waals surface area contributed by atoms with E-state index in [0.717, 1.165) is 18.5 Å². The highest BCUT2D eigenvalue weighted by Crippen LogP contribution is 2.14. The van der Waals surface area contributed by atoms with E-state index in [1.54, 1.807) is 12.5 Å². The minimum atomic E-state index is -0.0142. The minimum Gasteiger partial charge on any atom is -0.396 e. The van der Waals surface area contributed by atoms with Crippen LogP contribution in [0.5, 0.6) is 0 Å². The topological polar surface area (TPSA) is 58.0 Å². The highest BCUT2D eigenvalue weighted by Gasteiger charge is 2.20. The van der Waals surface area contributed by atoms with Gasteiger partial charge in [0.05, 0.1) is 5.69 Å². The quantitative estimate of drug-likeness (QED) is 0.737. The zero-order valence-electron chi connectivity index (χ0n) is 9.40. The van der Waals surface area contributed by atoms with Gasteiger partial charge >= 0.3 is 0 Å². The van der Waals surface area contributed by atoms with Crippen LogP contribution in [0.1, 0.15) is 32.4 Å². The summed E-state index contributed by atoms with van der Waals surface area (Å²) in [4.78, 5) is 8.01. The van der Waals surface area contributed by atoms with Crippen molar-refractivity contribution in [2.45, 2.75) is 38.8 Å². The van der Waals surface area contributed by atoms with Gasteiger partial charge in [-0.3, -0.25) is 0 Å². The van der Waals surface area contributed by atoms with Crippen LogP contribution < -0.4 is 5.32 Å². The molecule has 0 aromatic carbocycles. The Bertz CT molecular complexity index is 278. The molecule has 0 spiro atoms. The van der Waals surface area contributed by atoms with E-state index >= 15 is 0 Å². The summed E-state index contributed by atoms with van der Waals surface area (Å²) in [6, 6.07) is 1.89. The third-order valence-corrected chi connectivity index (χ3v) is 2.78. The van der Waals surface area contributed by atoms with Crippen molar-refractivity contribution in [1.82, 2.24) is 15.3 Å². The van der Waals surface area contributed by atoms with Gasteiger partial charge in [0.25, 0.3) is 0 Å². The molecule has 0 aliphatic carbocycles. The van der Waals surface area contributed by atoms with Crippen LogP contribution in [-0.2, 0) is 6.54 Å². The number of aliphatic hydroxyl groups is 1. The number of nitrogens with zero attached hydrogens (tertiary/aromatic N) is 2. The van der Waals surface area contributed by atoms with E-state index in [1.165, 1.54) is 0 Å². The summed E-state index contributed by atoms with van der Waals surface area (Å²) < 4.78 is 0. The Balaban J connectivity index is 2.47. The Kier molecular flexibility index (Phi) is 4.65.